The quantitative estimate of drug-likeness (QED) is 0.750. The zero-order valence-electron chi connectivity index (χ0n) is 17.1. The van der Waals surface area contributed by atoms with Crippen LogP contribution >= 0.6 is 11.6 Å². The van der Waals surface area contributed by atoms with Gasteiger partial charge in [0.05, 0.1) is 21.6 Å². The summed E-state index contributed by atoms with van der Waals surface area (Å²) in [5.41, 5.74) is 6.31. The Kier molecular flexibility index (Phi) is 4.07. The van der Waals surface area contributed by atoms with E-state index in [1.54, 1.807) is 4.57 Å². The number of aromatic nitrogens is 1. The van der Waals surface area contributed by atoms with Crippen molar-refractivity contribution in [2.24, 2.45) is 23.5 Å². The van der Waals surface area contributed by atoms with Gasteiger partial charge in [0.15, 0.2) is 0 Å². The Morgan fingerprint density at radius 2 is 1.94 bits per heavy atom. The fourth-order valence-corrected chi connectivity index (χ4v) is 7.00. The highest BCUT2D eigenvalue weighted by molar-refractivity contribution is 6.38. The highest BCUT2D eigenvalue weighted by Crippen LogP contribution is 2.54. The molecule has 5 fully saturated rings. The molecule has 2 aromatic rings. The third kappa shape index (κ3) is 2.72. The molecule has 3 N–H and O–H groups in total. The number of nitrogens with zero attached hydrogens (tertiary/aromatic N) is 2. The molecule has 1 aliphatic heterocycles. The largest absolute Gasteiger partial charge is 0.477 e. The molecule has 6 nitrogen and oxygen atoms in total. The van der Waals surface area contributed by atoms with Gasteiger partial charge < -0.3 is 20.3 Å². The van der Waals surface area contributed by atoms with Gasteiger partial charge in [0.1, 0.15) is 11.4 Å². The van der Waals surface area contributed by atoms with Gasteiger partial charge in [-0.2, -0.15) is 0 Å². The van der Waals surface area contributed by atoms with Gasteiger partial charge >= 0.3 is 5.97 Å². The Balaban J connectivity index is 1.51. The van der Waals surface area contributed by atoms with E-state index < -0.39 is 17.2 Å². The molecule has 164 valence electrons. The zero-order valence-corrected chi connectivity index (χ0v) is 17.9. The second kappa shape index (κ2) is 6.45. The molecule has 2 bridgehead atoms. The van der Waals surface area contributed by atoms with Gasteiger partial charge in [0.25, 0.3) is 0 Å². The molecule has 1 aromatic carbocycles. The van der Waals surface area contributed by atoms with Crippen molar-refractivity contribution in [1.29, 1.82) is 0 Å². The number of nitrogens with two attached hydrogens (primary N) is 1. The number of rotatable bonds is 3. The second-order valence-corrected chi connectivity index (χ2v) is 10.4. The number of benzene rings is 1. The molecular formula is C23H25ClFN3O3. The first kappa shape index (κ1) is 19.6. The fourth-order valence-electron chi connectivity index (χ4n) is 6.59. The van der Waals surface area contributed by atoms with Crippen LogP contribution < -0.4 is 16.1 Å². The Bertz CT molecular complexity index is 1180. The first-order valence-corrected chi connectivity index (χ1v) is 11.5. The monoisotopic (exact) mass is 445 g/mol. The average Bonchev–Trinajstić information content (AvgIpc) is 3.46. The van der Waals surface area contributed by atoms with E-state index in [9.17, 15) is 14.7 Å². The summed E-state index contributed by atoms with van der Waals surface area (Å²) in [5.74, 6) is -0.485. The minimum Gasteiger partial charge on any atom is -0.477 e. The summed E-state index contributed by atoms with van der Waals surface area (Å²) in [7, 11) is 0. The van der Waals surface area contributed by atoms with Crippen LogP contribution in [0.4, 0.5) is 10.1 Å². The highest BCUT2D eigenvalue weighted by Gasteiger charge is 2.55. The van der Waals surface area contributed by atoms with Crippen LogP contribution in [0.3, 0.4) is 0 Å². The summed E-state index contributed by atoms with van der Waals surface area (Å²) in [6.45, 7) is 1.39. The smallest absolute Gasteiger partial charge is 0.341 e. The summed E-state index contributed by atoms with van der Waals surface area (Å²) in [6, 6.07) is 1.26. The van der Waals surface area contributed by atoms with Crippen molar-refractivity contribution in [2.45, 2.75) is 50.1 Å². The van der Waals surface area contributed by atoms with Crippen LogP contribution in [0.1, 0.15) is 54.9 Å². The molecule has 2 heterocycles. The lowest BCUT2D eigenvalue weighted by atomic mass is 9.56. The number of hydrogen-bond donors (Lipinski definition) is 2. The number of carboxylic acid groups (broad SMARTS) is 1. The van der Waals surface area contributed by atoms with Crippen molar-refractivity contribution in [1.82, 2.24) is 4.57 Å². The van der Waals surface area contributed by atoms with Crippen molar-refractivity contribution in [2.75, 3.05) is 18.0 Å². The number of halogens is 2. The van der Waals surface area contributed by atoms with Gasteiger partial charge in [-0.25, -0.2) is 9.18 Å². The third-order valence-electron chi connectivity index (χ3n) is 8.34. The molecule has 4 aliphatic carbocycles. The molecule has 2 unspecified atom stereocenters. The van der Waals surface area contributed by atoms with Gasteiger partial charge in [-0.3, -0.25) is 4.79 Å². The van der Waals surface area contributed by atoms with Crippen LogP contribution in [0.25, 0.3) is 10.9 Å². The van der Waals surface area contributed by atoms with Gasteiger partial charge in [-0.15, -0.1) is 0 Å². The molecule has 5 aliphatic rings. The summed E-state index contributed by atoms with van der Waals surface area (Å²) in [5, 5.41) is 9.69. The maximum atomic E-state index is 15.4. The molecule has 0 amide bonds. The topological polar surface area (TPSA) is 88.6 Å². The van der Waals surface area contributed by atoms with Crippen LogP contribution in [-0.4, -0.2) is 34.3 Å². The Hall–Kier alpha value is -2.12. The minimum atomic E-state index is -1.31. The number of anilines is 1. The predicted octanol–water partition coefficient (Wildman–Crippen LogP) is 3.78. The maximum Gasteiger partial charge on any atom is 0.341 e. The van der Waals surface area contributed by atoms with Crippen LogP contribution in [0.5, 0.6) is 0 Å². The van der Waals surface area contributed by atoms with Gasteiger partial charge in [0, 0.05) is 30.9 Å². The van der Waals surface area contributed by atoms with E-state index in [1.807, 2.05) is 4.90 Å². The molecule has 7 rings (SSSR count). The van der Waals surface area contributed by atoms with Crippen molar-refractivity contribution < 1.29 is 14.3 Å². The van der Waals surface area contributed by atoms with Crippen molar-refractivity contribution in [3.05, 3.63) is 38.9 Å². The maximum absolute atomic E-state index is 15.4. The number of hydrogen-bond acceptors (Lipinski definition) is 4. The van der Waals surface area contributed by atoms with Crippen LogP contribution in [-0.2, 0) is 0 Å². The van der Waals surface area contributed by atoms with E-state index in [1.165, 1.54) is 12.3 Å². The van der Waals surface area contributed by atoms with Crippen molar-refractivity contribution in [3.63, 3.8) is 0 Å². The summed E-state index contributed by atoms with van der Waals surface area (Å²) < 4.78 is 17.2. The number of carboxylic acids is 1. The lowest BCUT2D eigenvalue weighted by molar-refractivity contribution is 0.0318. The molecule has 2 atom stereocenters. The Morgan fingerprint density at radius 1 is 1.23 bits per heavy atom. The summed E-state index contributed by atoms with van der Waals surface area (Å²) in [4.78, 5) is 26.4. The Morgan fingerprint density at radius 3 is 2.55 bits per heavy atom. The lowest BCUT2D eigenvalue weighted by Gasteiger charge is -2.52. The van der Waals surface area contributed by atoms with Crippen LogP contribution in [0.2, 0.25) is 5.02 Å². The van der Waals surface area contributed by atoms with E-state index in [0.29, 0.717) is 35.5 Å². The van der Waals surface area contributed by atoms with Crippen molar-refractivity contribution in [3.8, 4) is 0 Å². The number of carbonyl (C=O) groups is 1. The zero-order chi connectivity index (χ0) is 21.7. The van der Waals surface area contributed by atoms with Crippen molar-refractivity contribution >= 4 is 34.2 Å². The fraction of sp³-hybridized carbons (Fsp3) is 0.565. The molecule has 4 saturated carbocycles. The van der Waals surface area contributed by atoms with Crippen LogP contribution in [0.15, 0.2) is 17.1 Å². The summed E-state index contributed by atoms with van der Waals surface area (Å²) >= 11 is 6.81. The molecule has 1 saturated heterocycles. The molecule has 0 spiro atoms. The SMILES string of the molecule is NC12CCC(CC1)C1CN(c3c(F)cc4c(=O)c(C(=O)O)cn(C5CC5)c4c3Cl)CC12. The van der Waals surface area contributed by atoms with Gasteiger partial charge in [-0.1, -0.05) is 11.6 Å². The number of fused-ring (bicyclic) bond motifs is 3. The van der Waals surface area contributed by atoms with E-state index in [4.69, 9.17) is 17.3 Å². The van der Waals surface area contributed by atoms with E-state index >= 15 is 4.39 Å². The highest BCUT2D eigenvalue weighted by atomic mass is 35.5. The van der Waals surface area contributed by atoms with E-state index in [0.717, 1.165) is 45.1 Å². The molecule has 1 aromatic heterocycles. The van der Waals surface area contributed by atoms with E-state index in [-0.39, 0.29) is 27.6 Å². The molecular weight excluding hydrogens is 421 g/mol. The first-order valence-electron chi connectivity index (χ1n) is 11.1. The van der Waals surface area contributed by atoms with Gasteiger partial charge in [0.2, 0.25) is 5.43 Å². The summed E-state index contributed by atoms with van der Waals surface area (Å²) in [6.07, 6.45) is 7.46. The normalized spacial score (nSPS) is 32.0. The lowest BCUT2D eigenvalue weighted by Crippen LogP contribution is -2.58. The standard InChI is InChI=1S/C23H25ClFN3O3/c24-18-19-13(21(29)15(22(30)31)9-28(19)12-1-2-12)7-17(25)20(18)27-8-14-11-3-5-23(26,6-4-11)16(14)10-27/h7,9,11-12,14,16H,1-6,8,10,26H2,(H,30,31). The number of pyridine rings is 1. The molecule has 8 heteroatoms. The third-order valence-corrected chi connectivity index (χ3v) is 8.70. The second-order valence-electron chi connectivity index (χ2n) is 9.98. The molecule has 31 heavy (non-hydrogen) atoms. The average molecular weight is 446 g/mol. The van der Waals surface area contributed by atoms with E-state index in [2.05, 4.69) is 0 Å². The molecule has 0 radical (unpaired) electrons. The predicted molar refractivity (Wildman–Crippen MR) is 116 cm³/mol. The van der Waals surface area contributed by atoms with Gasteiger partial charge in [-0.05, 0) is 62.3 Å². The number of aromatic carboxylic acids is 1. The first-order chi connectivity index (χ1) is 14.8. The minimum absolute atomic E-state index is 0.0324. The van der Waals surface area contributed by atoms with Crippen LogP contribution in [0, 0.1) is 23.6 Å². The Labute approximate surface area is 183 Å².